The molecule has 1 aliphatic rings. The minimum atomic E-state index is -0.279. The third kappa shape index (κ3) is 5.04. The first-order chi connectivity index (χ1) is 12.1. The lowest BCUT2D eigenvalue weighted by atomic mass is 10.2. The predicted molar refractivity (Wildman–Crippen MR) is 94.7 cm³/mol. The summed E-state index contributed by atoms with van der Waals surface area (Å²) in [4.78, 5) is 38.0. The van der Waals surface area contributed by atoms with Gasteiger partial charge >= 0.3 is 6.09 Å². The zero-order chi connectivity index (χ0) is 18.2. The summed E-state index contributed by atoms with van der Waals surface area (Å²) in [6.45, 7) is 7.43. The van der Waals surface area contributed by atoms with Crippen LogP contribution in [0.15, 0.2) is 12.4 Å². The number of nitrogens with zero attached hydrogens (tertiary/aromatic N) is 5. The first kappa shape index (κ1) is 19.0. The smallest absolute Gasteiger partial charge is 0.409 e. The average molecular weight is 349 g/mol. The van der Waals surface area contributed by atoms with Crippen molar-refractivity contribution in [3.63, 3.8) is 0 Å². The summed E-state index contributed by atoms with van der Waals surface area (Å²) in [5, 5.41) is 0. The third-order valence-electron chi connectivity index (χ3n) is 4.17. The molecule has 25 heavy (non-hydrogen) atoms. The van der Waals surface area contributed by atoms with Crippen molar-refractivity contribution in [2.45, 2.75) is 26.7 Å². The quantitative estimate of drug-likeness (QED) is 0.777. The lowest BCUT2D eigenvalue weighted by molar-refractivity contribution is 0.0792. The number of carbonyl (C=O) groups is 2. The molecule has 2 amide bonds. The van der Waals surface area contributed by atoms with E-state index in [1.165, 1.54) is 0 Å². The number of hydrogen-bond donors (Lipinski definition) is 0. The number of hydrogen-bond acceptors (Lipinski definition) is 6. The third-order valence-corrected chi connectivity index (χ3v) is 4.17. The van der Waals surface area contributed by atoms with Crippen molar-refractivity contribution in [3.8, 4) is 0 Å². The van der Waals surface area contributed by atoms with Crippen molar-refractivity contribution in [3.05, 3.63) is 18.0 Å². The maximum absolute atomic E-state index is 12.3. The summed E-state index contributed by atoms with van der Waals surface area (Å²) < 4.78 is 5.01. The number of amides is 2. The van der Waals surface area contributed by atoms with Gasteiger partial charge in [0.05, 0.1) is 12.2 Å². The molecule has 0 N–H and O–H groups in total. The maximum Gasteiger partial charge on any atom is 0.409 e. The van der Waals surface area contributed by atoms with Crippen LogP contribution in [0.4, 0.5) is 10.7 Å². The lowest BCUT2D eigenvalue weighted by Gasteiger charge is -2.33. The Morgan fingerprint density at radius 1 is 1.16 bits per heavy atom. The Kier molecular flexibility index (Phi) is 6.97. The summed E-state index contributed by atoms with van der Waals surface area (Å²) >= 11 is 0. The van der Waals surface area contributed by atoms with Gasteiger partial charge in [-0.3, -0.25) is 4.79 Å². The second-order valence-corrected chi connectivity index (χ2v) is 6.03. The van der Waals surface area contributed by atoms with Gasteiger partial charge in [0.25, 0.3) is 5.91 Å². The van der Waals surface area contributed by atoms with Gasteiger partial charge in [0.15, 0.2) is 0 Å². The highest BCUT2D eigenvalue weighted by molar-refractivity contribution is 5.93. The Balaban J connectivity index is 1.90. The fraction of sp³-hybridized carbons (Fsp3) is 0.647. The molecule has 1 fully saturated rings. The van der Waals surface area contributed by atoms with E-state index in [1.54, 1.807) is 36.2 Å². The zero-order valence-corrected chi connectivity index (χ0v) is 15.3. The van der Waals surface area contributed by atoms with Crippen LogP contribution in [0.5, 0.6) is 0 Å². The molecular weight excluding hydrogens is 322 g/mol. The van der Waals surface area contributed by atoms with Crippen LogP contribution >= 0.6 is 0 Å². The Morgan fingerprint density at radius 3 is 2.36 bits per heavy atom. The largest absolute Gasteiger partial charge is 0.450 e. The molecule has 1 aromatic heterocycles. The van der Waals surface area contributed by atoms with Crippen LogP contribution in [-0.4, -0.2) is 78.1 Å². The fourth-order valence-electron chi connectivity index (χ4n) is 2.62. The summed E-state index contributed by atoms with van der Waals surface area (Å²) in [6.07, 6.45) is 4.89. The molecule has 0 radical (unpaired) electrons. The van der Waals surface area contributed by atoms with Gasteiger partial charge in [-0.2, -0.15) is 0 Å². The van der Waals surface area contributed by atoms with Gasteiger partial charge in [0.1, 0.15) is 0 Å². The van der Waals surface area contributed by atoms with Crippen LogP contribution in [0.1, 0.15) is 37.0 Å². The molecule has 2 rings (SSSR count). The molecule has 0 aromatic carbocycles. The molecule has 1 saturated heterocycles. The molecule has 8 heteroatoms. The molecule has 1 aliphatic heterocycles. The fourth-order valence-corrected chi connectivity index (χ4v) is 2.62. The van der Waals surface area contributed by atoms with E-state index in [0.29, 0.717) is 44.3 Å². The predicted octanol–water partition coefficient (Wildman–Crippen LogP) is 1.63. The Labute approximate surface area is 148 Å². The highest BCUT2D eigenvalue weighted by Gasteiger charge is 2.23. The molecule has 0 unspecified atom stereocenters. The van der Waals surface area contributed by atoms with Crippen molar-refractivity contribution in [1.82, 2.24) is 19.8 Å². The topological polar surface area (TPSA) is 78.9 Å². The van der Waals surface area contributed by atoms with Crippen LogP contribution in [0.25, 0.3) is 0 Å². The monoisotopic (exact) mass is 349 g/mol. The van der Waals surface area contributed by atoms with Crippen LogP contribution in [-0.2, 0) is 4.74 Å². The van der Waals surface area contributed by atoms with Gasteiger partial charge in [-0.1, -0.05) is 13.3 Å². The van der Waals surface area contributed by atoms with Crippen LogP contribution in [0.2, 0.25) is 0 Å². The molecule has 0 bridgehead atoms. The molecule has 0 atom stereocenters. The maximum atomic E-state index is 12.3. The number of unbranched alkanes of at least 4 members (excludes halogenated alkanes) is 1. The Morgan fingerprint density at radius 2 is 1.80 bits per heavy atom. The van der Waals surface area contributed by atoms with Gasteiger partial charge in [0, 0.05) is 52.2 Å². The first-order valence-electron chi connectivity index (χ1n) is 8.81. The van der Waals surface area contributed by atoms with E-state index in [0.717, 1.165) is 19.4 Å². The molecule has 0 aliphatic carbocycles. The lowest BCUT2D eigenvalue weighted by Crippen LogP contribution is -2.49. The zero-order valence-electron chi connectivity index (χ0n) is 15.3. The summed E-state index contributed by atoms with van der Waals surface area (Å²) in [5.41, 5.74) is 0.493. The minimum absolute atomic E-state index is 0.0628. The van der Waals surface area contributed by atoms with Gasteiger partial charge in [0.2, 0.25) is 5.95 Å². The highest BCUT2D eigenvalue weighted by Crippen LogP contribution is 2.12. The van der Waals surface area contributed by atoms with Crippen LogP contribution in [0, 0.1) is 0 Å². The van der Waals surface area contributed by atoms with Crippen molar-refractivity contribution in [2.24, 2.45) is 0 Å². The van der Waals surface area contributed by atoms with E-state index in [1.807, 2.05) is 4.90 Å². The van der Waals surface area contributed by atoms with Gasteiger partial charge in [-0.25, -0.2) is 14.8 Å². The second kappa shape index (κ2) is 9.19. The molecule has 1 aromatic rings. The van der Waals surface area contributed by atoms with Crippen molar-refractivity contribution < 1.29 is 14.3 Å². The minimum Gasteiger partial charge on any atom is -0.450 e. The number of aromatic nitrogens is 2. The second-order valence-electron chi connectivity index (χ2n) is 6.03. The van der Waals surface area contributed by atoms with Crippen LogP contribution < -0.4 is 4.90 Å². The van der Waals surface area contributed by atoms with E-state index in [-0.39, 0.29) is 12.0 Å². The highest BCUT2D eigenvalue weighted by atomic mass is 16.6. The molecule has 0 spiro atoms. The molecule has 0 saturated carbocycles. The summed E-state index contributed by atoms with van der Waals surface area (Å²) in [5.74, 6) is 0.517. The van der Waals surface area contributed by atoms with Crippen LogP contribution in [0.3, 0.4) is 0 Å². The molecule has 138 valence electrons. The number of rotatable bonds is 6. The average Bonchev–Trinajstić information content (AvgIpc) is 2.66. The summed E-state index contributed by atoms with van der Waals surface area (Å²) in [6, 6.07) is 0. The number of ether oxygens (including phenoxy) is 1. The van der Waals surface area contributed by atoms with Crippen molar-refractivity contribution >= 4 is 17.9 Å². The number of carbonyl (C=O) groups excluding carboxylic acids is 2. The van der Waals surface area contributed by atoms with E-state index < -0.39 is 0 Å². The van der Waals surface area contributed by atoms with Gasteiger partial charge < -0.3 is 19.4 Å². The van der Waals surface area contributed by atoms with Gasteiger partial charge in [-0.05, 0) is 13.3 Å². The van der Waals surface area contributed by atoms with E-state index in [4.69, 9.17) is 4.74 Å². The summed E-state index contributed by atoms with van der Waals surface area (Å²) in [7, 11) is 1.79. The van der Waals surface area contributed by atoms with E-state index in [9.17, 15) is 9.59 Å². The van der Waals surface area contributed by atoms with Crippen molar-refractivity contribution in [1.29, 1.82) is 0 Å². The number of anilines is 1. The van der Waals surface area contributed by atoms with E-state index in [2.05, 4.69) is 16.9 Å². The number of piperazine rings is 1. The first-order valence-corrected chi connectivity index (χ1v) is 8.81. The van der Waals surface area contributed by atoms with Gasteiger partial charge in [-0.15, -0.1) is 0 Å². The molecule has 2 heterocycles. The molecule has 8 nitrogen and oxygen atoms in total. The van der Waals surface area contributed by atoms with E-state index >= 15 is 0 Å². The Hall–Kier alpha value is -2.38. The van der Waals surface area contributed by atoms with Crippen molar-refractivity contribution in [2.75, 3.05) is 51.3 Å². The standard InChI is InChI=1S/C17H27N5O3/c1-4-6-7-20(3)15(23)14-12-18-16(19-13-14)21-8-10-22(11-9-21)17(24)25-5-2/h12-13H,4-11H2,1-3H3. The Bertz CT molecular complexity index is 570. The normalized spacial score (nSPS) is 14.4. The SMILES string of the molecule is CCCCN(C)C(=O)c1cnc(N2CCN(C(=O)OCC)CC2)nc1. The molecular formula is C17H27N5O3.